The molecule has 0 amide bonds. The van der Waals surface area contributed by atoms with Crippen molar-refractivity contribution >= 4 is 29.9 Å². The van der Waals surface area contributed by atoms with Crippen LogP contribution in [0.5, 0.6) is 5.75 Å². The van der Waals surface area contributed by atoms with Gasteiger partial charge in [0.05, 0.1) is 18.8 Å². The van der Waals surface area contributed by atoms with E-state index < -0.39 is 5.60 Å². The van der Waals surface area contributed by atoms with Crippen LogP contribution in [0.25, 0.3) is 0 Å². The molecule has 1 aliphatic rings. The zero-order valence-electron chi connectivity index (χ0n) is 15.4. The third-order valence-corrected chi connectivity index (χ3v) is 4.39. The number of guanidine groups is 1. The summed E-state index contributed by atoms with van der Waals surface area (Å²) in [5.41, 5.74) is 0.463. The Labute approximate surface area is 168 Å². The second-order valence-electron chi connectivity index (χ2n) is 6.37. The van der Waals surface area contributed by atoms with Crippen LogP contribution in [0.2, 0.25) is 0 Å². The van der Waals surface area contributed by atoms with Crippen molar-refractivity contribution in [2.75, 3.05) is 19.7 Å². The van der Waals surface area contributed by atoms with Crippen LogP contribution in [0.3, 0.4) is 0 Å². The summed E-state index contributed by atoms with van der Waals surface area (Å²) >= 11 is 0. The Morgan fingerprint density at radius 2 is 1.88 bits per heavy atom. The molecule has 2 rings (SSSR count). The van der Waals surface area contributed by atoms with Gasteiger partial charge in [-0.3, -0.25) is 0 Å². The largest absolute Gasteiger partial charge is 0.494 e. The minimum Gasteiger partial charge on any atom is -0.494 e. The van der Waals surface area contributed by atoms with E-state index in [9.17, 15) is 5.11 Å². The highest BCUT2D eigenvalue weighted by Crippen LogP contribution is 2.27. The fourth-order valence-corrected chi connectivity index (χ4v) is 3.07. The smallest absolute Gasteiger partial charge is 0.191 e. The highest BCUT2D eigenvalue weighted by molar-refractivity contribution is 14.0. The average molecular weight is 461 g/mol. The molecule has 5 nitrogen and oxygen atoms in total. The summed E-state index contributed by atoms with van der Waals surface area (Å²) in [6.45, 7) is 6.55. The minimum absolute atomic E-state index is 0. The first-order valence-electron chi connectivity index (χ1n) is 9.12. The highest BCUT2D eigenvalue weighted by atomic mass is 127. The van der Waals surface area contributed by atoms with Crippen molar-refractivity contribution in [3.05, 3.63) is 29.8 Å². The Kier molecular flexibility index (Phi) is 10.2. The van der Waals surface area contributed by atoms with Gasteiger partial charge in [-0.25, -0.2) is 4.99 Å². The summed E-state index contributed by atoms with van der Waals surface area (Å²) in [5.74, 6) is 1.62. The summed E-state index contributed by atoms with van der Waals surface area (Å²) in [7, 11) is 0. The van der Waals surface area contributed by atoms with Gasteiger partial charge in [-0.2, -0.15) is 0 Å². The quantitative estimate of drug-likeness (QED) is 0.331. The number of nitrogens with one attached hydrogen (secondary N) is 2. The molecule has 0 radical (unpaired) electrons. The molecule has 25 heavy (non-hydrogen) atoms. The molecule has 0 aliphatic heterocycles. The van der Waals surface area contributed by atoms with E-state index in [4.69, 9.17) is 4.74 Å². The summed E-state index contributed by atoms with van der Waals surface area (Å²) in [6.07, 6.45) is 5.17. The lowest BCUT2D eigenvalue weighted by Crippen LogP contribution is -2.48. The molecule has 3 N–H and O–H groups in total. The molecule has 1 aromatic rings. The van der Waals surface area contributed by atoms with Crippen LogP contribution < -0.4 is 15.4 Å². The maximum absolute atomic E-state index is 10.6. The number of halogens is 1. The molecule has 0 bridgehead atoms. The van der Waals surface area contributed by atoms with Crippen LogP contribution in [0.4, 0.5) is 0 Å². The number of hydrogen-bond acceptors (Lipinski definition) is 3. The number of nitrogens with zero attached hydrogens (tertiary/aromatic N) is 1. The number of aliphatic hydroxyl groups is 1. The van der Waals surface area contributed by atoms with Crippen LogP contribution in [-0.2, 0) is 6.54 Å². The Hall–Kier alpha value is -1.02. The summed E-state index contributed by atoms with van der Waals surface area (Å²) in [5, 5.41) is 17.2. The SMILES string of the molecule is CCNC(=NCc1ccccc1OCC)NCC1(O)CCCCC1.I. The van der Waals surface area contributed by atoms with Crippen molar-refractivity contribution in [2.24, 2.45) is 4.99 Å². The minimum atomic E-state index is -0.600. The van der Waals surface area contributed by atoms with Gasteiger partial charge >= 0.3 is 0 Å². The molecule has 1 saturated carbocycles. The van der Waals surface area contributed by atoms with Gasteiger partial charge in [0.2, 0.25) is 0 Å². The molecular weight excluding hydrogens is 429 g/mol. The molecule has 0 unspecified atom stereocenters. The second-order valence-corrected chi connectivity index (χ2v) is 6.37. The van der Waals surface area contributed by atoms with Gasteiger partial charge in [0.25, 0.3) is 0 Å². The molecule has 0 atom stereocenters. The first-order chi connectivity index (χ1) is 11.7. The number of benzene rings is 1. The Morgan fingerprint density at radius 1 is 1.16 bits per heavy atom. The van der Waals surface area contributed by atoms with E-state index in [1.54, 1.807) is 0 Å². The fraction of sp³-hybridized carbons (Fsp3) is 0.632. The molecule has 1 aliphatic carbocycles. The molecular formula is C19H32IN3O2. The van der Waals surface area contributed by atoms with E-state index in [1.807, 2.05) is 38.1 Å². The summed E-state index contributed by atoms with van der Waals surface area (Å²) in [4.78, 5) is 4.65. The van der Waals surface area contributed by atoms with Crippen molar-refractivity contribution in [3.63, 3.8) is 0 Å². The highest BCUT2D eigenvalue weighted by Gasteiger charge is 2.29. The maximum atomic E-state index is 10.6. The first kappa shape index (κ1) is 22.0. The number of para-hydroxylation sites is 1. The van der Waals surface area contributed by atoms with Crippen molar-refractivity contribution in [3.8, 4) is 5.75 Å². The number of ether oxygens (including phenoxy) is 1. The van der Waals surface area contributed by atoms with Crippen LogP contribution in [-0.4, -0.2) is 36.4 Å². The van der Waals surface area contributed by atoms with Crippen LogP contribution in [0.15, 0.2) is 29.3 Å². The normalized spacial score (nSPS) is 16.7. The molecule has 142 valence electrons. The third kappa shape index (κ3) is 7.40. The van der Waals surface area contributed by atoms with Crippen molar-refractivity contribution in [1.29, 1.82) is 0 Å². The van der Waals surface area contributed by atoms with Crippen LogP contribution >= 0.6 is 24.0 Å². The van der Waals surface area contributed by atoms with E-state index in [0.717, 1.165) is 49.5 Å². The van der Waals surface area contributed by atoms with E-state index >= 15 is 0 Å². The first-order valence-corrected chi connectivity index (χ1v) is 9.12. The van der Waals surface area contributed by atoms with Crippen molar-refractivity contribution < 1.29 is 9.84 Å². The lowest BCUT2D eigenvalue weighted by Gasteiger charge is -2.32. The lowest BCUT2D eigenvalue weighted by atomic mass is 9.85. The number of hydrogen-bond donors (Lipinski definition) is 3. The predicted octanol–water partition coefficient (Wildman–Crippen LogP) is 3.45. The summed E-state index contributed by atoms with van der Waals surface area (Å²) in [6, 6.07) is 7.98. The van der Waals surface area contributed by atoms with Crippen LogP contribution in [0.1, 0.15) is 51.5 Å². The van der Waals surface area contributed by atoms with E-state index in [-0.39, 0.29) is 24.0 Å². The van der Waals surface area contributed by atoms with Crippen molar-refractivity contribution in [2.45, 2.75) is 58.1 Å². The predicted molar refractivity (Wildman–Crippen MR) is 114 cm³/mol. The molecule has 0 aromatic heterocycles. The lowest BCUT2D eigenvalue weighted by molar-refractivity contribution is 0.00859. The topological polar surface area (TPSA) is 65.9 Å². The molecule has 1 fully saturated rings. The van der Waals surface area contributed by atoms with Gasteiger partial charge in [0.1, 0.15) is 5.75 Å². The van der Waals surface area contributed by atoms with Gasteiger partial charge in [-0.1, -0.05) is 37.5 Å². The Morgan fingerprint density at radius 3 is 2.56 bits per heavy atom. The summed E-state index contributed by atoms with van der Waals surface area (Å²) < 4.78 is 5.65. The van der Waals surface area contributed by atoms with Gasteiger partial charge in [0, 0.05) is 18.7 Å². The van der Waals surface area contributed by atoms with Crippen LogP contribution in [0, 0.1) is 0 Å². The standard InChI is InChI=1S/C19H31N3O2.HI/c1-3-20-18(22-15-19(23)12-8-5-9-13-19)21-14-16-10-6-7-11-17(16)24-4-2;/h6-7,10-11,23H,3-5,8-9,12-15H2,1-2H3,(H2,20,21,22);1H. The Balaban J connectivity index is 0.00000312. The second kappa shape index (κ2) is 11.6. The maximum Gasteiger partial charge on any atom is 0.191 e. The molecule has 1 aromatic carbocycles. The third-order valence-electron chi connectivity index (χ3n) is 4.39. The van der Waals surface area contributed by atoms with Gasteiger partial charge in [0.15, 0.2) is 5.96 Å². The monoisotopic (exact) mass is 461 g/mol. The zero-order valence-corrected chi connectivity index (χ0v) is 17.7. The Bertz CT molecular complexity index is 531. The average Bonchev–Trinajstić information content (AvgIpc) is 2.59. The molecule has 0 saturated heterocycles. The number of rotatable bonds is 7. The van der Waals surface area contributed by atoms with E-state index in [1.165, 1.54) is 6.42 Å². The van der Waals surface area contributed by atoms with Gasteiger partial charge < -0.3 is 20.5 Å². The van der Waals surface area contributed by atoms with E-state index in [0.29, 0.717) is 19.7 Å². The molecule has 0 spiro atoms. The van der Waals surface area contributed by atoms with E-state index in [2.05, 4.69) is 15.6 Å². The zero-order chi connectivity index (χ0) is 17.3. The van der Waals surface area contributed by atoms with Gasteiger partial charge in [-0.05, 0) is 32.8 Å². The molecule has 6 heteroatoms. The van der Waals surface area contributed by atoms with Crippen molar-refractivity contribution in [1.82, 2.24) is 10.6 Å². The van der Waals surface area contributed by atoms with Gasteiger partial charge in [-0.15, -0.1) is 24.0 Å². The number of aliphatic imine (C=N–C) groups is 1. The molecule has 0 heterocycles. The fourth-order valence-electron chi connectivity index (χ4n) is 3.07.